The molecule has 0 fully saturated rings. The monoisotopic (exact) mass is 356 g/mol. The van der Waals surface area contributed by atoms with Crippen LogP contribution >= 0.6 is 15.9 Å². The maximum atomic E-state index is 10.9. The molecule has 0 atom stereocenters. The van der Waals surface area contributed by atoms with Crippen LogP contribution in [0, 0.1) is 10.1 Å². The third-order valence-corrected chi connectivity index (χ3v) is 2.78. The molecule has 0 aromatic carbocycles. The van der Waals surface area contributed by atoms with E-state index in [-0.39, 0.29) is 24.6 Å². The molecular formula is C10H9BrN6O4. The molecule has 2 N–H and O–H groups in total. The van der Waals surface area contributed by atoms with Crippen molar-refractivity contribution in [3.05, 3.63) is 38.7 Å². The molecule has 0 radical (unpaired) electrons. The first kappa shape index (κ1) is 14.8. The van der Waals surface area contributed by atoms with E-state index in [2.05, 4.69) is 36.5 Å². The standard InChI is InChI=1S/C10H9BrN6O4/c11-6-1-8(17(20)21)10(12-2-6)13-3-7-4-16(15-14-7)5-9(18)19/h1-2,4H,3,5H2,(H,12,13)(H,18,19). The van der Waals surface area contributed by atoms with Crippen molar-refractivity contribution in [2.24, 2.45) is 0 Å². The highest BCUT2D eigenvalue weighted by atomic mass is 79.9. The van der Waals surface area contributed by atoms with Gasteiger partial charge in [0.2, 0.25) is 5.82 Å². The Bertz CT molecular complexity index is 688. The van der Waals surface area contributed by atoms with Gasteiger partial charge in [0.25, 0.3) is 0 Å². The zero-order valence-corrected chi connectivity index (χ0v) is 12.0. The highest BCUT2D eigenvalue weighted by Gasteiger charge is 2.16. The van der Waals surface area contributed by atoms with Crippen molar-refractivity contribution >= 4 is 33.4 Å². The molecule has 2 aromatic rings. The maximum Gasteiger partial charge on any atom is 0.325 e. The van der Waals surface area contributed by atoms with Crippen LogP contribution in [0.15, 0.2) is 22.9 Å². The fourth-order valence-corrected chi connectivity index (χ4v) is 1.83. The van der Waals surface area contributed by atoms with Gasteiger partial charge >= 0.3 is 11.7 Å². The second-order valence-electron chi connectivity index (χ2n) is 3.93. The lowest BCUT2D eigenvalue weighted by Crippen LogP contribution is -2.09. The topological polar surface area (TPSA) is 136 Å². The molecule has 10 nitrogen and oxygen atoms in total. The van der Waals surface area contributed by atoms with Crippen LogP contribution in [0.1, 0.15) is 5.69 Å². The average Bonchev–Trinajstić information content (AvgIpc) is 2.83. The first-order valence-electron chi connectivity index (χ1n) is 5.60. The SMILES string of the molecule is O=C(O)Cn1cc(CNc2ncc(Br)cc2[N+](=O)[O-])nn1. The van der Waals surface area contributed by atoms with E-state index >= 15 is 0 Å². The smallest absolute Gasteiger partial charge is 0.325 e. The van der Waals surface area contributed by atoms with Crippen LogP contribution in [0.4, 0.5) is 11.5 Å². The van der Waals surface area contributed by atoms with Gasteiger partial charge in [-0.25, -0.2) is 9.67 Å². The first-order valence-corrected chi connectivity index (χ1v) is 6.39. The molecule has 0 saturated carbocycles. The first-order chi connectivity index (χ1) is 9.95. The Kier molecular flexibility index (Phi) is 4.42. The summed E-state index contributed by atoms with van der Waals surface area (Å²) < 4.78 is 1.65. The Hall–Kier alpha value is -2.56. The number of nitrogens with one attached hydrogen (secondary N) is 1. The van der Waals surface area contributed by atoms with Crippen LogP contribution in [0.25, 0.3) is 0 Å². The second kappa shape index (κ2) is 6.26. The highest BCUT2D eigenvalue weighted by Crippen LogP contribution is 2.25. The van der Waals surface area contributed by atoms with E-state index in [1.54, 1.807) is 0 Å². The van der Waals surface area contributed by atoms with Crippen LogP contribution in [0.5, 0.6) is 0 Å². The van der Waals surface area contributed by atoms with Crippen molar-refractivity contribution < 1.29 is 14.8 Å². The fraction of sp³-hybridized carbons (Fsp3) is 0.200. The van der Waals surface area contributed by atoms with Crippen LogP contribution in [0.3, 0.4) is 0 Å². The lowest BCUT2D eigenvalue weighted by molar-refractivity contribution is -0.384. The predicted octanol–water partition coefficient (Wildman–Crippen LogP) is 1.04. The molecule has 110 valence electrons. The van der Waals surface area contributed by atoms with Crippen LogP contribution in [-0.2, 0) is 17.9 Å². The molecule has 0 spiro atoms. The Morgan fingerprint density at radius 1 is 1.57 bits per heavy atom. The van der Waals surface area contributed by atoms with Crippen molar-refractivity contribution in [1.29, 1.82) is 0 Å². The zero-order chi connectivity index (χ0) is 15.4. The third kappa shape index (κ3) is 3.95. The number of aliphatic carboxylic acids is 1. The number of rotatable bonds is 6. The van der Waals surface area contributed by atoms with E-state index in [9.17, 15) is 14.9 Å². The molecule has 21 heavy (non-hydrogen) atoms. The van der Waals surface area contributed by atoms with Gasteiger partial charge in [-0.1, -0.05) is 5.21 Å². The van der Waals surface area contributed by atoms with E-state index in [1.165, 1.54) is 18.5 Å². The number of anilines is 1. The summed E-state index contributed by atoms with van der Waals surface area (Å²) in [4.78, 5) is 24.8. The number of carboxylic acids is 1. The highest BCUT2D eigenvalue weighted by molar-refractivity contribution is 9.10. The van der Waals surface area contributed by atoms with Crippen LogP contribution in [0.2, 0.25) is 0 Å². The van der Waals surface area contributed by atoms with Crippen LogP contribution < -0.4 is 5.32 Å². The van der Waals surface area contributed by atoms with Crippen molar-refractivity contribution in [2.75, 3.05) is 5.32 Å². The van der Waals surface area contributed by atoms with E-state index < -0.39 is 10.9 Å². The summed E-state index contributed by atoms with van der Waals surface area (Å²) in [5, 5.41) is 29.7. The average molecular weight is 357 g/mol. The largest absolute Gasteiger partial charge is 0.480 e. The van der Waals surface area contributed by atoms with E-state index in [0.717, 1.165) is 4.68 Å². The van der Waals surface area contributed by atoms with Gasteiger partial charge in [0.05, 0.1) is 17.7 Å². The maximum absolute atomic E-state index is 10.9. The Morgan fingerprint density at radius 2 is 2.33 bits per heavy atom. The quantitative estimate of drug-likeness (QED) is 0.578. The van der Waals surface area contributed by atoms with Crippen molar-refractivity contribution in [3.8, 4) is 0 Å². The van der Waals surface area contributed by atoms with Gasteiger partial charge in [-0.3, -0.25) is 14.9 Å². The minimum absolute atomic E-state index is 0.0935. The zero-order valence-electron chi connectivity index (χ0n) is 10.4. The van der Waals surface area contributed by atoms with E-state index in [4.69, 9.17) is 5.11 Å². The van der Waals surface area contributed by atoms with Gasteiger partial charge in [0, 0.05) is 16.7 Å². The van der Waals surface area contributed by atoms with E-state index in [0.29, 0.717) is 10.2 Å². The summed E-state index contributed by atoms with van der Waals surface area (Å²) in [6, 6.07) is 1.33. The molecule has 2 rings (SSSR count). The molecule has 0 unspecified atom stereocenters. The molecule has 2 aromatic heterocycles. The number of aromatic nitrogens is 4. The van der Waals surface area contributed by atoms with Gasteiger partial charge in [-0.15, -0.1) is 5.10 Å². The van der Waals surface area contributed by atoms with Gasteiger partial charge in [0.15, 0.2) is 0 Å². The lowest BCUT2D eigenvalue weighted by atomic mass is 10.3. The summed E-state index contributed by atoms with van der Waals surface area (Å²) in [7, 11) is 0. The normalized spacial score (nSPS) is 10.3. The number of carbonyl (C=O) groups is 1. The summed E-state index contributed by atoms with van der Waals surface area (Å²) in [6.45, 7) is -0.168. The number of hydrogen-bond acceptors (Lipinski definition) is 7. The van der Waals surface area contributed by atoms with Crippen molar-refractivity contribution in [2.45, 2.75) is 13.1 Å². The van der Waals surface area contributed by atoms with Crippen molar-refractivity contribution in [3.63, 3.8) is 0 Å². The molecule has 0 amide bonds. The predicted molar refractivity (Wildman–Crippen MR) is 73.6 cm³/mol. The number of halogens is 1. The molecule has 0 aliphatic rings. The fourth-order valence-electron chi connectivity index (χ4n) is 1.51. The van der Waals surface area contributed by atoms with E-state index in [1.807, 2.05) is 0 Å². The van der Waals surface area contributed by atoms with Gasteiger partial charge in [-0.2, -0.15) is 0 Å². The van der Waals surface area contributed by atoms with Gasteiger partial charge < -0.3 is 10.4 Å². The van der Waals surface area contributed by atoms with Gasteiger partial charge in [-0.05, 0) is 15.9 Å². The Morgan fingerprint density at radius 3 is 3.00 bits per heavy atom. The number of pyridine rings is 1. The number of hydrogen-bond donors (Lipinski definition) is 2. The van der Waals surface area contributed by atoms with Crippen molar-refractivity contribution in [1.82, 2.24) is 20.0 Å². The third-order valence-electron chi connectivity index (χ3n) is 2.35. The summed E-state index contributed by atoms with van der Waals surface area (Å²) in [6.07, 6.45) is 2.86. The molecule has 0 aliphatic heterocycles. The number of nitrogens with zero attached hydrogens (tertiary/aromatic N) is 5. The van der Waals surface area contributed by atoms with Crippen LogP contribution in [-0.4, -0.2) is 36.0 Å². The molecule has 0 aliphatic carbocycles. The van der Waals surface area contributed by atoms with Gasteiger partial charge in [0.1, 0.15) is 12.2 Å². The molecular weight excluding hydrogens is 348 g/mol. The summed E-state index contributed by atoms with van der Waals surface area (Å²) in [5.41, 5.74) is 0.262. The Labute approximate surface area is 126 Å². The number of nitro groups is 1. The molecule has 0 saturated heterocycles. The number of carboxylic acid groups (broad SMARTS) is 1. The molecule has 0 bridgehead atoms. The summed E-state index contributed by atoms with van der Waals surface area (Å²) >= 11 is 3.11. The Balaban J connectivity index is 2.08. The molecule has 11 heteroatoms. The minimum atomic E-state index is -1.04. The minimum Gasteiger partial charge on any atom is -0.480 e. The summed E-state index contributed by atoms with van der Waals surface area (Å²) in [5.74, 6) is -0.944. The second-order valence-corrected chi connectivity index (χ2v) is 4.85. The lowest BCUT2D eigenvalue weighted by Gasteiger charge is -2.04. The molecule has 2 heterocycles.